The summed E-state index contributed by atoms with van der Waals surface area (Å²) in [6.07, 6.45) is 2.45. The summed E-state index contributed by atoms with van der Waals surface area (Å²) in [6.45, 7) is 4.47. The Bertz CT molecular complexity index is 420. The van der Waals surface area contributed by atoms with Gasteiger partial charge in [-0.15, -0.1) is 12.4 Å². The van der Waals surface area contributed by atoms with Crippen LogP contribution in [-0.4, -0.2) is 31.3 Å². The topological polar surface area (TPSA) is 47.7 Å². The number of hydrogen-bond donors (Lipinski definition) is 1. The number of nitrogens with two attached hydrogens (primary N) is 1. The second-order valence-electron chi connectivity index (χ2n) is 5.14. The first-order valence-corrected chi connectivity index (χ1v) is 6.66. The van der Waals surface area contributed by atoms with Crippen molar-refractivity contribution in [3.05, 3.63) is 23.8 Å². The van der Waals surface area contributed by atoms with Crippen LogP contribution in [0.1, 0.15) is 18.4 Å². The van der Waals surface area contributed by atoms with Gasteiger partial charge in [0.05, 0.1) is 0 Å². The van der Waals surface area contributed by atoms with Gasteiger partial charge < -0.3 is 15.2 Å². The van der Waals surface area contributed by atoms with Crippen LogP contribution < -0.4 is 15.2 Å². The number of ether oxygens (including phenoxy) is 2. The first-order chi connectivity index (χ1) is 8.85. The van der Waals surface area contributed by atoms with Crippen molar-refractivity contribution in [2.24, 2.45) is 11.7 Å². The standard InChI is InChI=1S/C14H20N2O2.ClH/c15-8-11-3-5-16(6-4-11)9-12-1-2-13-14(7-12)18-10-17-13;/h1-2,7,11H,3-6,8-10,15H2;1H. The van der Waals surface area contributed by atoms with Crippen molar-refractivity contribution in [3.63, 3.8) is 0 Å². The van der Waals surface area contributed by atoms with Crippen LogP contribution in [0, 0.1) is 5.92 Å². The minimum atomic E-state index is 0. The average Bonchev–Trinajstić information content (AvgIpc) is 2.87. The molecule has 0 aromatic heterocycles. The maximum absolute atomic E-state index is 5.71. The third kappa shape index (κ3) is 3.32. The van der Waals surface area contributed by atoms with Gasteiger partial charge in [0.1, 0.15) is 0 Å². The minimum absolute atomic E-state index is 0. The smallest absolute Gasteiger partial charge is 0.231 e. The molecule has 1 saturated heterocycles. The van der Waals surface area contributed by atoms with Crippen molar-refractivity contribution in [2.75, 3.05) is 26.4 Å². The zero-order valence-electron chi connectivity index (χ0n) is 11.0. The number of nitrogens with zero attached hydrogens (tertiary/aromatic N) is 1. The number of fused-ring (bicyclic) bond motifs is 1. The Morgan fingerprint density at radius 3 is 2.63 bits per heavy atom. The largest absolute Gasteiger partial charge is 0.454 e. The Labute approximate surface area is 120 Å². The van der Waals surface area contributed by atoms with Crippen molar-refractivity contribution >= 4 is 12.4 Å². The van der Waals surface area contributed by atoms with Gasteiger partial charge in [-0.2, -0.15) is 0 Å². The van der Waals surface area contributed by atoms with E-state index in [0.717, 1.165) is 43.6 Å². The molecule has 5 heteroatoms. The molecule has 0 aliphatic carbocycles. The van der Waals surface area contributed by atoms with Gasteiger partial charge in [0, 0.05) is 6.54 Å². The Balaban J connectivity index is 0.00000133. The van der Waals surface area contributed by atoms with E-state index in [-0.39, 0.29) is 12.4 Å². The fourth-order valence-electron chi connectivity index (χ4n) is 2.68. The van der Waals surface area contributed by atoms with E-state index in [9.17, 15) is 0 Å². The van der Waals surface area contributed by atoms with E-state index >= 15 is 0 Å². The molecule has 1 fully saturated rings. The van der Waals surface area contributed by atoms with Crippen LogP contribution in [0.3, 0.4) is 0 Å². The summed E-state index contributed by atoms with van der Waals surface area (Å²) in [6, 6.07) is 6.23. The molecule has 2 aliphatic rings. The van der Waals surface area contributed by atoms with Crippen molar-refractivity contribution in [1.29, 1.82) is 0 Å². The third-order valence-corrected chi connectivity index (χ3v) is 3.88. The van der Waals surface area contributed by atoms with Gasteiger partial charge in [0.15, 0.2) is 11.5 Å². The van der Waals surface area contributed by atoms with Gasteiger partial charge in [-0.1, -0.05) is 6.07 Å². The van der Waals surface area contributed by atoms with E-state index in [1.165, 1.54) is 18.4 Å². The summed E-state index contributed by atoms with van der Waals surface area (Å²) < 4.78 is 10.7. The van der Waals surface area contributed by atoms with Crippen LogP contribution in [0.4, 0.5) is 0 Å². The monoisotopic (exact) mass is 284 g/mol. The number of rotatable bonds is 3. The van der Waals surface area contributed by atoms with Crippen LogP contribution in [0.25, 0.3) is 0 Å². The molecular formula is C14H21ClN2O2. The molecule has 1 aromatic carbocycles. The first-order valence-electron chi connectivity index (χ1n) is 6.66. The van der Waals surface area contributed by atoms with Crippen LogP contribution in [0.15, 0.2) is 18.2 Å². The summed E-state index contributed by atoms with van der Waals surface area (Å²) in [5.74, 6) is 2.46. The highest BCUT2D eigenvalue weighted by atomic mass is 35.5. The van der Waals surface area contributed by atoms with E-state index in [1.54, 1.807) is 0 Å². The zero-order valence-corrected chi connectivity index (χ0v) is 11.8. The van der Waals surface area contributed by atoms with Crippen LogP contribution in [0.5, 0.6) is 11.5 Å². The molecule has 0 atom stereocenters. The molecule has 2 heterocycles. The molecule has 2 aliphatic heterocycles. The van der Waals surface area contributed by atoms with Gasteiger partial charge in [-0.05, 0) is 56.1 Å². The maximum Gasteiger partial charge on any atom is 0.231 e. The number of likely N-dealkylation sites (tertiary alicyclic amines) is 1. The summed E-state index contributed by atoms with van der Waals surface area (Å²) in [7, 11) is 0. The summed E-state index contributed by atoms with van der Waals surface area (Å²) in [5.41, 5.74) is 7.01. The Morgan fingerprint density at radius 1 is 1.16 bits per heavy atom. The Kier molecular flexibility index (Phi) is 4.91. The highest BCUT2D eigenvalue weighted by molar-refractivity contribution is 5.85. The predicted octanol–water partition coefficient (Wildman–Crippen LogP) is 2.01. The average molecular weight is 285 g/mol. The van der Waals surface area contributed by atoms with Crippen LogP contribution in [0.2, 0.25) is 0 Å². The fourth-order valence-corrected chi connectivity index (χ4v) is 2.68. The summed E-state index contributed by atoms with van der Waals surface area (Å²) in [4.78, 5) is 2.49. The second kappa shape index (κ2) is 6.46. The molecule has 1 aromatic rings. The van der Waals surface area contributed by atoms with Gasteiger partial charge in [-0.3, -0.25) is 4.90 Å². The van der Waals surface area contributed by atoms with Gasteiger partial charge in [-0.25, -0.2) is 0 Å². The molecule has 2 N–H and O–H groups in total. The SMILES string of the molecule is Cl.NCC1CCN(Cc2ccc3c(c2)OCO3)CC1. The molecule has 0 amide bonds. The van der Waals surface area contributed by atoms with Crippen molar-refractivity contribution < 1.29 is 9.47 Å². The van der Waals surface area contributed by atoms with E-state index in [1.807, 2.05) is 6.07 Å². The first kappa shape index (κ1) is 14.4. The van der Waals surface area contributed by atoms with Crippen molar-refractivity contribution in [2.45, 2.75) is 19.4 Å². The number of hydrogen-bond acceptors (Lipinski definition) is 4. The van der Waals surface area contributed by atoms with E-state index in [4.69, 9.17) is 15.2 Å². The highest BCUT2D eigenvalue weighted by Crippen LogP contribution is 2.33. The molecule has 0 bridgehead atoms. The molecule has 3 rings (SSSR count). The zero-order chi connectivity index (χ0) is 12.4. The van der Waals surface area contributed by atoms with E-state index in [2.05, 4.69) is 17.0 Å². The van der Waals surface area contributed by atoms with E-state index < -0.39 is 0 Å². The molecule has 0 unspecified atom stereocenters. The molecule has 0 saturated carbocycles. The lowest BCUT2D eigenvalue weighted by Gasteiger charge is -2.31. The predicted molar refractivity (Wildman–Crippen MR) is 76.9 cm³/mol. The lowest BCUT2D eigenvalue weighted by molar-refractivity contribution is 0.173. The third-order valence-electron chi connectivity index (χ3n) is 3.88. The molecule has 0 radical (unpaired) electrons. The molecule has 19 heavy (non-hydrogen) atoms. The number of halogens is 1. The molecular weight excluding hydrogens is 264 g/mol. The fraction of sp³-hybridized carbons (Fsp3) is 0.571. The molecule has 106 valence electrons. The van der Waals surface area contributed by atoms with E-state index in [0.29, 0.717) is 6.79 Å². The lowest BCUT2D eigenvalue weighted by Crippen LogP contribution is -2.35. The van der Waals surface area contributed by atoms with Gasteiger partial charge in [0.2, 0.25) is 6.79 Å². The van der Waals surface area contributed by atoms with Crippen molar-refractivity contribution in [3.8, 4) is 11.5 Å². The molecule has 4 nitrogen and oxygen atoms in total. The summed E-state index contributed by atoms with van der Waals surface area (Å²) in [5, 5.41) is 0. The normalized spacial score (nSPS) is 19.2. The lowest BCUT2D eigenvalue weighted by atomic mass is 9.97. The maximum atomic E-state index is 5.71. The second-order valence-corrected chi connectivity index (χ2v) is 5.14. The minimum Gasteiger partial charge on any atom is -0.454 e. The van der Waals surface area contributed by atoms with Crippen LogP contribution >= 0.6 is 12.4 Å². The van der Waals surface area contributed by atoms with Crippen LogP contribution in [-0.2, 0) is 6.54 Å². The van der Waals surface area contributed by atoms with Crippen molar-refractivity contribution in [1.82, 2.24) is 4.90 Å². The molecule has 0 spiro atoms. The number of benzene rings is 1. The Hall–Kier alpha value is -0.970. The van der Waals surface area contributed by atoms with Gasteiger partial charge in [0.25, 0.3) is 0 Å². The van der Waals surface area contributed by atoms with Gasteiger partial charge >= 0.3 is 0 Å². The highest BCUT2D eigenvalue weighted by Gasteiger charge is 2.19. The summed E-state index contributed by atoms with van der Waals surface area (Å²) >= 11 is 0. The quantitative estimate of drug-likeness (QED) is 0.922. The Morgan fingerprint density at radius 2 is 1.89 bits per heavy atom. The number of piperidine rings is 1.